The number of anilines is 2. The number of hydrogen-bond donors (Lipinski definition) is 2. The minimum absolute atomic E-state index is 0.380. The lowest BCUT2D eigenvalue weighted by Crippen LogP contribution is -2.00. The van der Waals surface area contributed by atoms with E-state index in [9.17, 15) is 0 Å². The molecule has 5 aromatic rings. The molecular weight excluding hydrogens is 410 g/mol. The topological polar surface area (TPSA) is 101 Å². The van der Waals surface area contributed by atoms with Crippen molar-refractivity contribution in [1.29, 1.82) is 0 Å². The van der Waals surface area contributed by atoms with Crippen LogP contribution >= 0.6 is 11.3 Å². The molecule has 8 heteroatoms. The molecule has 0 saturated heterocycles. The Labute approximate surface area is 182 Å². The van der Waals surface area contributed by atoms with Gasteiger partial charge in [0, 0.05) is 16.1 Å². The third-order valence-corrected chi connectivity index (χ3v) is 6.48. The fourth-order valence-electron chi connectivity index (χ4n) is 3.97. The summed E-state index contributed by atoms with van der Waals surface area (Å²) < 4.78 is 14.2. The van der Waals surface area contributed by atoms with Crippen LogP contribution in [0.4, 0.5) is 11.5 Å². The molecule has 7 nitrogen and oxygen atoms in total. The lowest BCUT2D eigenvalue weighted by atomic mass is 10.0. The van der Waals surface area contributed by atoms with Gasteiger partial charge in [-0.15, -0.1) is 11.3 Å². The highest BCUT2D eigenvalue weighted by atomic mass is 32.1. The molecule has 31 heavy (non-hydrogen) atoms. The first kappa shape index (κ1) is 19.2. The maximum absolute atomic E-state index is 6.34. The zero-order valence-corrected chi connectivity index (χ0v) is 18.2. The molecule has 0 aliphatic carbocycles. The molecule has 0 amide bonds. The molecule has 0 fully saturated rings. The Kier molecular flexibility index (Phi) is 4.44. The zero-order valence-electron chi connectivity index (χ0n) is 17.3. The highest BCUT2D eigenvalue weighted by Crippen LogP contribution is 2.49. The number of thiophene rings is 1. The number of hydrogen-bond acceptors (Lipinski definition) is 7. The first-order valence-corrected chi connectivity index (χ1v) is 10.5. The SMILES string of the molecule is COc1cc(C)cc2cc(-c3c(-c4ccc(N)cc4)c(OC)n4ncnc(N)c34)sc12. The summed E-state index contributed by atoms with van der Waals surface area (Å²) in [5, 5.41) is 5.53. The number of nitrogen functional groups attached to an aromatic ring is 2. The first-order valence-electron chi connectivity index (χ1n) is 9.65. The van der Waals surface area contributed by atoms with E-state index >= 15 is 0 Å². The van der Waals surface area contributed by atoms with Gasteiger partial charge >= 0.3 is 0 Å². The van der Waals surface area contributed by atoms with Crippen molar-refractivity contribution in [3.05, 3.63) is 54.4 Å². The maximum atomic E-state index is 6.34. The predicted molar refractivity (Wildman–Crippen MR) is 126 cm³/mol. The summed E-state index contributed by atoms with van der Waals surface area (Å²) >= 11 is 1.64. The number of rotatable bonds is 4. The van der Waals surface area contributed by atoms with Crippen molar-refractivity contribution in [1.82, 2.24) is 14.6 Å². The molecule has 0 radical (unpaired) electrons. The van der Waals surface area contributed by atoms with E-state index in [0.29, 0.717) is 22.9 Å². The standard InChI is InChI=1S/C23H21N5O2S/c1-12-8-14-10-17(31-21(14)16(9-12)29-2)19-18(13-4-6-15(24)7-5-13)23(30-3)28-20(19)22(25)26-11-27-28/h4-11H,24H2,1-3H3,(H2,25,26,27). The molecule has 0 saturated carbocycles. The Balaban J connectivity index is 1.91. The van der Waals surface area contributed by atoms with E-state index in [1.807, 2.05) is 30.3 Å². The van der Waals surface area contributed by atoms with Crippen LogP contribution in [0.5, 0.6) is 11.6 Å². The average Bonchev–Trinajstić information content (AvgIpc) is 3.33. The molecule has 0 spiro atoms. The highest BCUT2D eigenvalue weighted by Gasteiger charge is 2.26. The fourth-order valence-corrected chi connectivity index (χ4v) is 5.16. The smallest absolute Gasteiger partial charge is 0.223 e. The van der Waals surface area contributed by atoms with E-state index in [2.05, 4.69) is 29.1 Å². The molecule has 0 unspecified atom stereocenters. The van der Waals surface area contributed by atoms with E-state index in [4.69, 9.17) is 20.9 Å². The van der Waals surface area contributed by atoms with Crippen LogP contribution in [0.2, 0.25) is 0 Å². The number of aryl methyl sites for hydroxylation is 1. The normalized spacial score (nSPS) is 11.3. The molecule has 3 aromatic heterocycles. The van der Waals surface area contributed by atoms with Crippen LogP contribution in [0.15, 0.2) is 48.8 Å². The van der Waals surface area contributed by atoms with Gasteiger partial charge in [0.1, 0.15) is 17.6 Å². The van der Waals surface area contributed by atoms with E-state index in [1.54, 1.807) is 30.1 Å². The quantitative estimate of drug-likeness (QED) is 0.398. The second-order valence-corrected chi connectivity index (χ2v) is 8.34. The Bertz CT molecular complexity index is 1440. The minimum Gasteiger partial charge on any atom is -0.495 e. The Morgan fingerprint density at radius 3 is 2.45 bits per heavy atom. The van der Waals surface area contributed by atoms with Crippen molar-refractivity contribution in [2.24, 2.45) is 0 Å². The van der Waals surface area contributed by atoms with Crippen molar-refractivity contribution in [3.8, 4) is 33.2 Å². The van der Waals surface area contributed by atoms with Gasteiger partial charge in [0.05, 0.1) is 24.5 Å². The van der Waals surface area contributed by atoms with Crippen molar-refractivity contribution < 1.29 is 9.47 Å². The monoisotopic (exact) mass is 431 g/mol. The molecule has 0 atom stereocenters. The van der Waals surface area contributed by atoms with Gasteiger partial charge in [-0.3, -0.25) is 0 Å². The van der Waals surface area contributed by atoms with Gasteiger partial charge in [0.25, 0.3) is 0 Å². The highest BCUT2D eigenvalue weighted by molar-refractivity contribution is 7.22. The number of benzene rings is 2. The van der Waals surface area contributed by atoms with Crippen molar-refractivity contribution in [2.45, 2.75) is 6.92 Å². The Hall–Kier alpha value is -3.78. The Morgan fingerprint density at radius 1 is 0.968 bits per heavy atom. The Morgan fingerprint density at radius 2 is 1.74 bits per heavy atom. The van der Waals surface area contributed by atoms with Crippen LogP contribution in [-0.2, 0) is 0 Å². The second-order valence-electron chi connectivity index (χ2n) is 7.28. The number of nitrogens with zero attached hydrogens (tertiary/aromatic N) is 3. The van der Waals surface area contributed by atoms with Gasteiger partial charge in [0.2, 0.25) is 5.88 Å². The number of ether oxygens (including phenoxy) is 2. The van der Waals surface area contributed by atoms with Crippen molar-refractivity contribution in [2.75, 3.05) is 25.7 Å². The van der Waals surface area contributed by atoms with Crippen LogP contribution in [0.3, 0.4) is 0 Å². The second kappa shape index (κ2) is 7.17. The van der Waals surface area contributed by atoms with Crippen LogP contribution in [0.25, 0.3) is 37.2 Å². The molecular formula is C23H21N5O2S. The van der Waals surface area contributed by atoms with E-state index < -0.39 is 0 Å². The minimum atomic E-state index is 0.380. The van der Waals surface area contributed by atoms with Gasteiger partial charge in [0.15, 0.2) is 5.82 Å². The van der Waals surface area contributed by atoms with Crippen LogP contribution < -0.4 is 20.9 Å². The molecule has 156 valence electrons. The number of nitrogens with two attached hydrogens (primary N) is 2. The molecule has 0 bridgehead atoms. The van der Waals surface area contributed by atoms with E-state index in [0.717, 1.165) is 43.0 Å². The molecule has 3 heterocycles. The van der Waals surface area contributed by atoms with E-state index in [-0.39, 0.29) is 0 Å². The molecule has 0 aliphatic rings. The largest absolute Gasteiger partial charge is 0.495 e. The van der Waals surface area contributed by atoms with Gasteiger partial charge in [-0.25, -0.2) is 4.98 Å². The van der Waals surface area contributed by atoms with Gasteiger partial charge < -0.3 is 20.9 Å². The van der Waals surface area contributed by atoms with Crippen LogP contribution in [-0.4, -0.2) is 28.8 Å². The molecule has 2 aromatic carbocycles. The first-order chi connectivity index (χ1) is 15.0. The summed E-state index contributed by atoms with van der Waals surface area (Å²) in [6.07, 6.45) is 1.43. The summed E-state index contributed by atoms with van der Waals surface area (Å²) in [5.74, 6) is 1.81. The third-order valence-electron chi connectivity index (χ3n) is 5.30. The predicted octanol–water partition coefficient (Wildman–Crippen LogP) is 4.77. The van der Waals surface area contributed by atoms with Crippen molar-refractivity contribution >= 4 is 38.4 Å². The molecule has 4 N–H and O–H groups in total. The van der Waals surface area contributed by atoms with Crippen LogP contribution in [0, 0.1) is 6.92 Å². The summed E-state index contributed by atoms with van der Waals surface area (Å²) in [7, 11) is 3.32. The summed E-state index contributed by atoms with van der Waals surface area (Å²) in [5.41, 5.74) is 17.5. The summed E-state index contributed by atoms with van der Waals surface area (Å²) in [6.45, 7) is 2.06. The summed E-state index contributed by atoms with van der Waals surface area (Å²) in [4.78, 5) is 5.26. The lowest BCUT2D eigenvalue weighted by molar-refractivity contribution is 0.389. The van der Waals surface area contributed by atoms with Crippen LogP contribution in [0.1, 0.15) is 5.56 Å². The molecule has 0 aliphatic heterocycles. The van der Waals surface area contributed by atoms with Gasteiger partial charge in [-0.05, 0) is 47.7 Å². The van der Waals surface area contributed by atoms with Gasteiger partial charge in [-0.1, -0.05) is 18.2 Å². The average molecular weight is 432 g/mol. The lowest BCUT2D eigenvalue weighted by Gasteiger charge is -2.06. The fraction of sp³-hybridized carbons (Fsp3) is 0.130. The molecule has 5 rings (SSSR count). The van der Waals surface area contributed by atoms with Gasteiger partial charge in [-0.2, -0.15) is 9.61 Å². The zero-order chi connectivity index (χ0) is 21.7. The summed E-state index contributed by atoms with van der Waals surface area (Å²) in [6, 6.07) is 14.0. The third kappa shape index (κ3) is 2.95. The van der Waals surface area contributed by atoms with E-state index in [1.165, 1.54) is 6.33 Å². The number of aromatic nitrogens is 3. The maximum Gasteiger partial charge on any atom is 0.223 e. The number of methoxy groups -OCH3 is 2. The number of fused-ring (bicyclic) bond motifs is 2. The van der Waals surface area contributed by atoms with Crippen molar-refractivity contribution in [3.63, 3.8) is 0 Å².